The van der Waals surface area contributed by atoms with Crippen LogP contribution in [0.3, 0.4) is 0 Å². The molecule has 3 N–H and O–H groups in total. The van der Waals surface area contributed by atoms with Crippen LogP contribution >= 0.6 is 27.3 Å². The second-order valence-corrected chi connectivity index (χ2v) is 5.14. The Kier molecular flexibility index (Phi) is 2.20. The Balaban J connectivity index is 2.91. The molecule has 0 amide bonds. The van der Waals surface area contributed by atoms with Gasteiger partial charge in [-0.3, -0.25) is 0 Å². The minimum atomic E-state index is -0.951. The molecule has 1 aromatic carbocycles. The number of benzene rings is 1. The molecule has 0 atom stereocenters. The van der Waals surface area contributed by atoms with Crippen molar-refractivity contribution in [2.75, 3.05) is 5.73 Å². The summed E-state index contributed by atoms with van der Waals surface area (Å²) >= 11 is 4.73. The van der Waals surface area contributed by atoms with Gasteiger partial charge in [-0.05, 0) is 28.1 Å². The maximum absolute atomic E-state index is 10.9. The van der Waals surface area contributed by atoms with E-state index < -0.39 is 5.97 Å². The van der Waals surface area contributed by atoms with Crippen molar-refractivity contribution in [3.05, 3.63) is 27.5 Å². The molecule has 1 heterocycles. The number of fused-ring (bicyclic) bond motifs is 1. The Labute approximate surface area is 92.3 Å². The van der Waals surface area contributed by atoms with E-state index in [2.05, 4.69) is 15.9 Å². The fourth-order valence-electron chi connectivity index (χ4n) is 1.32. The third kappa shape index (κ3) is 1.29. The monoisotopic (exact) mass is 271 g/mol. The van der Waals surface area contributed by atoms with Gasteiger partial charge in [0, 0.05) is 10.1 Å². The predicted octanol–water partition coefficient (Wildman–Crippen LogP) is 2.94. The number of anilines is 1. The van der Waals surface area contributed by atoms with Gasteiger partial charge in [-0.15, -0.1) is 11.3 Å². The summed E-state index contributed by atoms with van der Waals surface area (Å²) in [5.41, 5.74) is 6.53. The molecule has 0 aliphatic rings. The number of hydrogen-bond donors (Lipinski definition) is 2. The minimum Gasteiger partial charge on any atom is -0.478 e. The number of carboxylic acids is 1. The van der Waals surface area contributed by atoms with Crippen molar-refractivity contribution in [3.63, 3.8) is 0 Å². The van der Waals surface area contributed by atoms with Crippen LogP contribution in [0.4, 0.5) is 5.69 Å². The Morgan fingerprint density at radius 1 is 1.50 bits per heavy atom. The Bertz CT molecular complexity index is 521. The highest BCUT2D eigenvalue weighted by Crippen LogP contribution is 2.39. The lowest BCUT2D eigenvalue weighted by molar-refractivity contribution is 0.0699. The predicted molar refractivity (Wildman–Crippen MR) is 60.9 cm³/mol. The highest BCUT2D eigenvalue weighted by Gasteiger charge is 2.14. The smallest absolute Gasteiger partial charge is 0.336 e. The molecule has 1 aromatic heterocycles. The first-order chi connectivity index (χ1) is 6.61. The van der Waals surface area contributed by atoms with Gasteiger partial charge in [0.15, 0.2) is 0 Å². The summed E-state index contributed by atoms with van der Waals surface area (Å²) < 4.78 is 1.66. The van der Waals surface area contributed by atoms with Crippen LogP contribution < -0.4 is 5.73 Å². The number of carboxylic acid groups (broad SMARTS) is 1. The molecule has 0 fully saturated rings. The summed E-state index contributed by atoms with van der Waals surface area (Å²) in [5, 5.41) is 9.57. The molecule has 2 rings (SSSR count). The number of carbonyl (C=O) groups is 1. The highest BCUT2D eigenvalue weighted by molar-refractivity contribution is 9.11. The number of nitrogen functional groups attached to an aromatic ring is 1. The molecule has 0 aliphatic heterocycles. The fourth-order valence-corrected chi connectivity index (χ4v) is 2.92. The van der Waals surface area contributed by atoms with E-state index in [1.807, 2.05) is 6.07 Å². The Hall–Kier alpha value is -1.07. The third-order valence-electron chi connectivity index (χ3n) is 1.94. The van der Waals surface area contributed by atoms with E-state index in [-0.39, 0.29) is 5.56 Å². The van der Waals surface area contributed by atoms with Crippen LogP contribution in [0.15, 0.2) is 22.0 Å². The van der Waals surface area contributed by atoms with Crippen molar-refractivity contribution in [2.24, 2.45) is 0 Å². The van der Waals surface area contributed by atoms with Gasteiger partial charge in [0.1, 0.15) is 0 Å². The summed E-state index contributed by atoms with van der Waals surface area (Å²) in [6.07, 6.45) is 0. The first kappa shape index (κ1) is 9.48. The molecule has 0 saturated heterocycles. The molecule has 5 heteroatoms. The zero-order valence-electron chi connectivity index (χ0n) is 6.95. The lowest BCUT2D eigenvalue weighted by Gasteiger charge is -1.97. The Morgan fingerprint density at radius 2 is 2.21 bits per heavy atom. The lowest BCUT2D eigenvalue weighted by Crippen LogP contribution is -1.97. The van der Waals surface area contributed by atoms with E-state index in [4.69, 9.17) is 10.8 Å². The number of halogens is 1. The molecule has 72 valence electrons. The van der Waals surface area contributed by atoms with E-state index in [1.165, 1.54) is 11.3 Å². The normalized spacial score (nSPS) is 10.6. The maximum atomic E-state index is 10.9. The molecular weight excluding hydrogens is 266 g/mol. The Morgan fingerprint density at radius 3 is 2.86 bits per heavy atom. The van der Waals surface area contributed by atoms with Gasteiger partial charge in [0.25, 0.3) is 0 Å². The van der Waals surface area contributed by atoms with Gasteiger partial charge in [-0.25, -0.2) is 4.79 Å². The third-order valence-corrected chi connectivity index (χ3v) is 3.81. The van der Waals surface area contributed by atoms with E-state index in [0.29, 0.717) is 11.1 Å². The second-order valence-electron chi connectivity index (χ2n) is 2.77. The van der Waals surface area contributed by atoms with Crippen LogP contribution in [-0.2, 0) is 0 Å². The molecule has 2 aromatic rings. The number of aromatic carboxylic acids is 1. The van der Waals surface area contributed by atoms with Gasteiger partial charge >= 0.3 is 5.97 Å². The summed E-state index contributed by atoms with van der Waals surface area (Å²) in [4.78, 5) is 10.9. The van der Waals surface area contributed by atoms with Crippen molar-refractivity contribution < 1.29 is 9.90 Å². The van der Waals surface area contributed by atoms with Crippen LogP contribution in [0.2, 0.25) is 0 Å². The average molecular weight is 272 g/mol. The zero-order valence-corrected chi connectivity index (χ0v) is 9.35. The molecule has 3 nitrogen and oxygen atoms in total. The lowest BCUT2D eigenvalue weighted by atomic mass is 10.1. The number of hydrogen-bond acceptors (Lipinski definition) is 3. The second kappa shape index (κ2) is 3.25. The quantitative estimate of drug-likeness (QED) is 0.838. The zero-order chi connectivity index (χ0) is 10.3. The molecule has 0 unspecified atom stereocenters. The van der Waals surface area contributed by atoms with E-state index >= 15 is 0 Å². The van der Waals surface area contributed by atoms with Crippen LogP contribution in [0.5, 0.6) is 0 Å². The topological polar surface area (TPSA) is 63.3 Å². The van der Waals surface area contributed by atoms with E-state index in [9.17, 15) is 4.79 Å². The van der Waals surface area contributed by atoms with E-state index in [0.717, 1.165) is 8.49 Å². The van der Waals surface area contributed by atoms with Crippen molar-refractivity contribution in [3.8, 4) is 0 Å². The fraction of sp³-hybridized carbons (Fsp3) is 0. The highest BCUT2D eigenvalue weighted by atomic mass is 79.9. The largest absolute Gasteiger partial charge is 0.478 e. The van der Waals surface area contributed by atoms with Crippen LogP contribution in [0, 0.1) is 0 Å². The molecule has 0 saturated carbocycles. The SMILES string of the molecule is Nc1c(Br)sc2cccc(C(=O)O)c12. The first-order valence-electron chi connectivity index (χ1n) is 3.81. The van der Waals surface area contributed by atoms with E-state index in [1.54, 1.807) is 12.1 Å². The van der Waals surface area contributed by atoms with Gasteiger partial charge in [0.05, 0.1) is 15.0 Å². The van der Waals surface area contributed by atoms with Gasteiger partial charge in [-0.2, -0.15) is 0 Å². The van der Waals surface area contributed by atoms with Crippen molar-refractivity contribution in [1.82, 2.24) is 0 Å². The molecule has 14 heavy (non-hydrogen) atoms. The molecule has 0 bridgehead atoms. The van der Waals surface area contributed by atoms with Gasteiger partial charge in [-0.1, -0.05) is 6.07 Å². The summed E-state index contributed by atoms with van der Waals surface area (Å²) in [6.45, 7) is 0. The van der Waals surface area contributed by atoms with Crippen LogP contribution in [-0.4, -0.2) is 11.1 Å². The van der Waals surface area contributed by atoms with Gasteiger partial charge < -0.3 is 10.8 Å². The number of nitrogens with two attached hydrogens (primary N) is 1. The number of thiophene rings is 1. The summed E-state index contributed by atoms with van der Waals surface area (Å²) in [7, 11) is 0. The number of rotatable bonds is 1. The van der Waals surface area contributed by atoms with Crippen molar-refractivity contribution >= 4 is 49.0 Å². The van der Waals surface area contributed by atoms with Gasteiger partial charge in [0.2, 0.25) is 0 Å². The van der Waals surface area contributed by atoms with Crippen molar-refractivity contribution in [2.45, 2.75) is 0 Å². The average Bonchev–Trinajstić information content (AvgIpc) is 2.43. The maximum Gasteiger partial charge on any atom is 0.336 e. The summed E-state index contributed by atoms with van der Waals surface area (Å²) in [5.74, 6) is -0.951. The van der Waals surface area contributed by atoms with Crippen LogP contribution in [0.25, 0.3) is 10.1 Å². The standard InChI is InChI=1S/C9H6BrNO2S/c10-8-7(11)6-4(9(12)13)2-1-3-5(6)14-8/h1-3H,11H2,(H,12,13). The molecule has 0 aliphatic carbocycles. The first-order valence-corrected chi connectivity index (χ1v) is 5.42. The molecular formula is C9H6BrNO2S. The summed E-state index contributed by atoms with van der Waals surface area (Å²) in [6, 6.07) is 5.13. The minimum absolute atomic E-state index is 0.252. The van der Waals surface area contributed by atoms with Crippen LogP contribution in [0.1, 0.15) is 10.4 Å². The molecule has 0 radical (unpaired) electrons. The van der Waals surface area contributed by atoms with Crippen molar-refractivity contribution in [1.29, 1.82) is 0 Å². The molecule has 0 spiro atoms.